The van der Waals surface area contributed by atoms with Gasteiger partial charge in [-0.25, -0.2) is 18.1 Å². The van der Waals surface area contributed by atoms with E-state index in [0.29, 0.717) is 67.8 Å². The molecule has 2 N–H and O–H groups in total. The highest BCUT2D eigenvalue weighted by Crippen LogP contribution is 2.37. The van der Waals surface area contributed by atoms with Crippen LogP contribution < -0.4 is 14.9 Å². The minimum atomic E-state index is -3.68. The molecular weight excluding hydrogens is 582 g/mol. The molecular formula is C29H34ClN5O6S. The van der Waals surface area contributed by atoms with E-state index in [-0.39, 0.29) is 22.3 Å². The third kappa shape index (κ3) is 7.64. The minimum absolute atomic E-state index is 0.158. The van der Waals surface area contributed by atoms with E-state index in [1.54, 1.807) is 36.4 Å². The molecule has 0 saturated carbocycles. The summed E-state index contributed by atoms with van der Waals surface area (Å²) in [5.41, 5.74) is 1.62. The Bertz CT molecular complexity index is 1650. The lowest BCUT2D eigenvalue weighted by Gasteiger charge is -2.17. The summed E-state index contributed by atoms with van der Waals surface area (Å²) in [6, 6.07) is 18.0. The Kier molecular flexibility index (Phi) is 10.9. The summed E-state index contributed by atoms with van der Waals surface area (Å²) in [4.78, 5) is 17.3. The number of fused-ring (bicyclic) bond motifs is 2. The molecule has 4 rings (SSSR count). The SMILES string of the molecule is CN(C)c1cccc2c(S(=O)(=O)NCCCOCCOCCCNc3c([N+](=O)[O-])c(Cl)nc4ccccc34)cccc12. The first kappa shape index (κ1) is 31.4. The Labute approximate surface area is 250 Å². The number of hydrogen-bond acceptors (Lipinski definition) is 9. The van der Waals surface area contributed by atoms with Gasteiger partial charge in [-0.15, -0.1) is 0 Å². The van der Waals surface area contributed by atoms with E-state index < -0.39 is 14.9 Å². The number of benzene rings is 3. The third-order valence-electron chi connectivity index (χ3n) is 6.53. The fourth-order valence-corrected chi connectivity index (χ4v) is 6.12. The Morgan fingerprint density at radius 2 is 1.52 bits per heavy atom. The number of aromatic nitrogens is 1. The van der Waals surface area contributed by atoms with Crippen LogP contribution in [0.5, 0.6) is 0 Å². The standard InChI is InChI=1S/C29H34ClN5O6S/c1-34(2)25-13-5-11-22-21(25)10-6-14-26(22)42(38,39)32-16-8-18-41-20-19-40-17-7-15-31-27-23-9-3-4-12-24(23)33-29(30)28(27)35(36)37/h3-6,9-14,32H,7-8,15-20H2,1-2H3,(H,31,33). The van der Waals surface area contributed by atoms with Crippen LogP contribution in [0.15, 0.2) is 65.6 Å². The van der Waals surface area contributed by atoms with Gasteiger partial charge in [0, 0.05) is 62.2 Å². The first-order valence-electron chi connectivity index (χ1n) is 13.5. The van der Waals surface area contributed by atoms with Crippen molar-refractivity contribution in [1.82, 2.24) is 9.71 Å². The molecule has 0 aliphatic carbocycles. The number of halogens is 1. The van der Waals surface area contributed by atoms with E-state index in [4.69, 9.17) is 21.1 Å². The summed E-state index contributed by atoms with van der Waals surface area (Å²) in [6.45, 7) is 2.25. The second-order valence-electron chi connectivity index (χ2n) is 9.68. The zero-order valence-electron chi connectivity index (χ0n) is 23.5. The number of nitrogens with zero attached hydrogens (tertiary/aromatic N) is 3. The van der Waals surface area contributed by atoms with Crippen molar-refractivity contribution in [2.45, 2.75) is 17.7 Å². The van der Waals surface area contributed by atoms with Crippen molar-refractivity contribution in [1.29, 1.82) is 0 Å². The number of nitro groups is 1. The minimum Gasteiger partial charge on any atom is -0.379 e. The van der Waals surface area contributed by atoms with E-state index in [9.17, 15) is 18.5 Å². The molecule has 0 radical (unpaired) electrons. The van der Waals surface area contributed by atoms with Crippen molar-refractivity contribution in [3.05, 3.63) is 75.9 Å². The molecule has 1 aromatic heterocycles. The number of hydrogen-bond donors (Lipinski definition) is 2. The highest BCUT2D eigenvalue weighted by Gasteiger charge is 2.23. The van der Waals surface area contributed by atoms with Gasteiger partial charge in [-0.1, -0.05) is 54.1 Å². The average Bonchev–Trinajstić information content (AvgIpc) is 2.96. The van der Waals surface area contributed by atoms with Crippen LogP contribution in [0.1, 0.15) is 12.8 Å². The summed E-state index contributed by atoms with van der Waals surface area (Å²) in [5.74, 6) is 0. The van der Waals surface area contributed by atoms with Gasteiger partial charge in [-0.05, 0) is 31.0 Å². The quantitative estimate of drug-likeness (QED) is 0.0752. The predicted molar refractivity (Wildman–Crippen MR) is 166 cm³/mol. The molecule has 11 nitrogen and oxygen atoms in total. The van der Waals surface area contributed by atoms with Crippen molar-refractivity contribution in [3.8, 4) is 0 Å². The maximum atomic E-state index is 13.0. The Hall–Kier alpha value is -3.55. The summed E-state index contributed by atoms with van der Waals surface area (Å²) in [5, 5.41) is 16.7. The van der Waals surface area contributed by atoms with Crippen LogP contribution in [0.4, 0.5) is 17.1 Å². The average molecular weight is 616 g/mol. The number of sulfonamides is 1. The zero-order chi connectivity index (χ0) is 30.1. The predicted octanol–water partition coefficient (Wildman–Crippen LogP) is 5.22. The lowest BCUT2D eigenvalue weighted by atomic mass is 10.1. The molecule has 42 heavy (non-hydrogen) atoms. The summed E-state index contributed by atoms with van der Waals surface area (Å²) >= 11 is 6.07. The zero-order valence-corrected chi connectivity index (χ0v) is 25.1. The normalized spacial score (nSPS) is 11.7. The first-order chi connectivity index (χ1) is 20.2. The molecule has 0 saturated heterocycles. The van der Waals surface area contributed by atoms with Gasteiger partial charge in [-0.3, -0.25) is 10.1 Å². The molecule has 0 unspecified atom stereocenters. The Morgan fingerprint density at radius 3 is 2.24 bits per heavy atom. The molecule has 0 fully saturated rings. The fourth-order valence-electron chi connectivity index (χ4n) is 4.57. The molecule has 1 heterocycles. The molecule has 0 atom stereocenters. The van der Waals surface area contributed by atoms with Crippen molar-refractivity contribution < 1.29 is 22.8 Å². The van der Waals surface area contributed by atoms with Gasteiger partial charge in [0.2, 0.25) is 15.2 Å². The van der Waals surface area contributed by atoms with Gasteiger partial charge in [0.15, 0.2) is 0 Å². The van der Waals surface area contributed by atoms with Crippen molar-refractivity contribution in [3.63, 3.8) is 0 Å². The van der Waals surface area contributed by atoms with Gasteiger partial charge >= 0.3 is 5.69 Å². The topological polar surface area (TPSA) is 136 Å². The van der Waals surface area contributed by atoms with E-state index >= 15 is 0 Å². The highest BCUT2D eigenvalue weighted by atomic mass is 35.5. The number of para-hydroxylation sites is 1. The molecule has 0 amide bonds. The molecule has 0 spiro atoms. The maximum absolute atomic E-state index is 13.0. The summed E-state index contributed by atoms with van der Waals surface area (Å²) < 4.78 is 39.8. The monoisotopic (exact) mass is 615 g/mol. The summed E-state index contributed by atoms with van der Waals surface area (Å²) in [6.07, 6.45) is 1.12. The number of ether oxygens (including phenoxy) is 2. The highest BCUT2D eigenvalue weighted by molar-refractivity contribution is 7.89. The van der Waals surface area contributed by atoms with Crippen molar-refractivity contribution >= 4 is 60.4 Å². The maximum Gasteiger partial charge on any atom is 0.329 e. The van der Waals surface area contributed by atoms with Crippen LogP contribution in [0, 0.1) is 10.1 Å². The van der Waals surface area contributed by atoms with Crippen LogP contribution in [0.25, 0.3) is 21.7 Å². The molecule has 13 heteroatoms. The third-order valence-corrected chi connectivity index (χ3v) is 8.32. The van der Waals surface area contributed by atoms with Crippen molar-refractivity contribution in [2.75, 3.05) is 63.8 Å². The van der Waals surface area contributed by atoms with Gasteiger partial charge in [-0.2, -0.15) is 0 Å². The molecule has 3 aromatic carbocycles. The Morgan fingerprint density at radius 1 is 0.881 bits per heavy atom. The largest absolute Gasteiger partial charge is 0.379 e. The van der Waals surface area contributed by atoms with Crippen LogP contribution in [-0.4, -0.2) is 71.9 Å². The fraction of sp³-hybridized carbons (Fsp3) is 0.345. The van der Waals surface area contributed by atoms with Crippen LogP contribution in [0.3, 0.4) is 0 Å². The number of pyridine rings is 1. The van der Waals surface area contributed by atoms with Gasteiger partial charge in [0.25, 0.3) is 0 Å². The van der Waals surface area contributed by atoms with Crippen molar-refractivity contribution in [2.24, 2.45) is 0 Å². The smallest absolute Gasteiger partial charge is 0.329 e. The molecule has 4 aromatic rings. The lowest BCUT2D eigenvalue weighted by Crippen LogP contribution is -2.26. The molecule has 224 valence electrons. The Balaban J connectivity index is 1.13. The van der Waals surface area contributed by atoms with Crippen LogP contribution in [0.2, 0.25) is 5.15 Å². The lowest BCUT2D eigenvalue weighted by molar-refractivity contribution is -0.384. The van der Waals surface area contributed by atoms with Gasteiger partial charge < -0.3 is 19.7 Å². The van der Waals surface area contributed by atoms with Gasteiger partial charge in [0.05, 0.1) is 28.5 Å². The number of anilines is 2. The number of nitrogens with one attached hydrogen (secondary N) is 2. The second-order valence-corrected chi connectivity index (χ2v) is 11.8. The molecule has 0 aliphatic rings. The van der Waals surface area contributed by atoms with Crippen LogP contribution in [-0.2, 0) is 19.5 Å². The van der Waals surface area contributed by atoms with E-state index in [1.165, 1.54) is 0 Å². The van der Waals surface area contributed by atoms with E-state index in [0.717, 1.165) is 11.1 Å². The molecule has 0 bridgehead atoms. The summed E-state index contributed by atoms with van der Waals surface area (Å²) in [7, 11) is 0.165. The van der Waals surface area contributed by atoms with Crippen LogP contribution >= 0.6 is 11.6 Å². The molecule has 0 aliphatic heterocycles. The second kappa shape index (κ2) is 14.6. The first-order valence-corrected chi connectivity index (χ1v) is 15.4. The van der Waals surface area contributed by atoms with E-state index in [2.05, 4.69) is 15.0 Å². The van der Waals surface area contributed by atoms with Gasteiger partial charge in [0.1, 0.15) is 5.69 Å². The van der Waals surface area contributed by atoms with E-state index in [1.807, 2.05) is 43.3 Å². The number of rotatable bonds is 16.